The van der Waals surface area contributed by atoms with Crippen LogP contribution in [-0.4, -0.2) is 27.7 Å². The van der Waals surface area contributed by atoms with Crippen molar-refractivity contribution in [2.45, 2.75) is 26.8 Å². The van der Waals surface area contributed by atoms with Gasteiger partial charge in [0, 0.05) is 27.4 Å². The first-order valence-corrected chi connectivity index (χ1v) is 13.2. The zero-order valence-electron chi connectivity index (χ0n) is 21.4. The minimum atomic E-state index is -0.539. The lowest BCUT2D eigenvalue weighted by molar-refractivity contribution is 0.0996. The van der Waals surface area contributed by atoms with Gasteiger partial charge in [-0.25, -0.2) is 4.98 Å². The van der Waals surface area contributed by atoms with E-state index in [1.807, 2.05) is 59.2 Å². The normalized spacial score (nSPS) is 11.7. The number of aromatic nitrogens is 2. The molecule has 0 aliphatic rings. The Morgan fingerprint density at radius 2 is 1.82 bits per heavy atom. The highest BCUT2D eigenvalue weighted by atomic mass is 79.9. The Bertz CT molecular complexity index is 1670. The van der Waals surface area contributed by atoms with Crippen molar-refractivity contribution in [3.05, 3.63) is 82.8 Å². The molecule has 3 aromatic carbocycles. The monoisotopic (exact) mass is 570 g/mol. The molecule has 2 heterocycles. The van der Waals surface area contributed by atoms with E-state index in [9.17, 15) is 9.90 Å². The lowest BCUT2D eigenvalue weighted by Gasteiger charge is -2.09. The molecule has 5 aromatic rings. The van der Waals surface area contributed by atoms with Crippen LogP contribution < -0.4 is 4.74 Å². The summed E-state index contributed by atoms with van der Waals surface area (Å²) in [5.74, 6) is 0.536. The van der Waals surface area contributed by atoms with Crippen molar-refractivity contribution in [1.29, 1.82) is 0 Å². The Kier molecular flexibility index (Phi) is 7.24. The average molecular weight is 571 g/mol. The lowest BCUT2D eigenvalue weighted by atomic mass is 10.0. The summed E-state index contributed by atoms with van der Waals surface area (Å²) in [6.45, 7) is 4.91. The number of hydrogen-bond acceptors (Lipinski definition) is 5. The van der Waals surface area contributed by atoms with Crippen LogP contribution in [0.4, 0.5) is 5.69 Å². The van der Waals surface area contributed by atoms with Crippen LogP contribution in [-0.2, 0) is 6.54 Å². The van der Waals surface area contributed by atoms with Gasteiger partial charge in [0.1, 0.15) is 5.75 Å². The molecule has 0 bridgehead atoms. The van der Waals surface area contributed by atoms with Crippen molar-refractivity contribution in [3.8, 4) is 22.9 Å². The highest BCUT2D eigenvalue weighted by molar-refractivity contribution is 9.10. The molecule has 7 nitrogen and oxygen atoms in total. The Morgan fingerprint density at radius 3 is 2.55 bits per heavy atom. The number of methoxy groups -OCH3 is 1. The molecule has 1 N–H and O–H groups in total. The standard InChI is InChI=1S/C30H27BrN4O3/c1-18(2)14-15-35-27-7-5-4-6-22(27)28(30(35)37)33-34-29(36)24-17-26(19-8-10-20(31)11-9-19)32-25-13-12-21(38-3)16-23(24)25/h4-13,16-18,37H,14-15H2,1-3H3. The second-order valence-corrected chi connectivity index (χ2v) is 10.4. The van der Waals surface area contributed by atoms with Crippen molar-refractivity contribution in [2.24, 2.45) is 16.1 Å². The number of carbonyl (C=O) groups excluding carboxylic acids is 1. The number of aromatic hydroxyl groups is 1. The first-order chi connectivity index (χ1) is 18.4. The molecule has 5 rings (SSSR count). The minimum absolute atomic E-state index is 0.000192. The van der Waals surface area contributed by atoms with Gasteiger partial charge in [0.15, 0.2) is 5.69 Å². The fourth-order valence-corrected chi connectivity index (χ4v) is 4.67. The fraction of sp³-hybridized carbons (Fsp3) is 0.200. The summed E-state index contributed by atoms with van der Waals surface area (Å²) in [5.41, 5.74) is 3.62. The van der Waals surface area contributed by atoms with Gasteiger partial charge in [0.25, 0.3) is 5.91 Å². The summed E-state index contributed by atoms with van der Waals surface area (Å²) >= 11 is 3.46. The highest BCUT2D eigenvalue weighted by Crippen LogP contribution is 2.39. The van der Waals surface area contributed by atoms with Gasteiger partial charge in [0.05, 0.1) is 29.4 Å². The molecule has 0 fully saturated rings. The number of amides is 1. The molecule has 0 radical (unpaired) electrons. The van der Waals surface area contributed by atoms with E-state index in [2.05, 4.69) is 40.0 Å². The fourth-order valence-electron chi connectivity index (χ4n) is 4.41. The quantitative estimate of drug-likeness (QED) is 0.199. The van der Waals surface area contributed by atoms with E-state index in [0.717, 1.165) is 27.4 Å². The summed E-state index contributed by atoms with van der Waals surface area (Å²) in [6, 6.07) is 22.4. The molecule has 1 amide bonds. The highest BCUT2D eigenvalue weighted by Gasteiger charge is 2.19. The zero-order chi connectivity index (χ0) is 26.8. The summed E-state index contributed by atoms with van der Waals surface area (Å²) in [6.07, 6.45) is 0.894. The van der Waals surface area contributed by atoms with Crippen LogP contribution in [0, 0.1) is 5.92 Å². The second kappa shape index (κ2) is 10.8. The lowest BCUT2D eigenvalue weighted by Crippen LogP contribution is -2.00. The van der Waals surface area contributed by atoms with Crippen molar-refractivity contribution >= 4 is 49.3 Å². The van der Waals surface area contributed by atoms with Gasteiger partial charge in [-0.15, -0.1) is 10.2 Å². The number of pyridine rings is 1. The van der Waals surface area contributed by atoms with E-state index in [1.165, 1.54) is 0 Å². The first kappa shape index (κ1) is 25.6. The Labute approximate surface area is 228 Å². The van der Waals surface area contributed by atoms with Gasteiger partial charge < -0.3 is 14.4 Å². The SMILES string of the molecule is COc1ccc2nc(-c3ccc(Br)cc3)cc(C(=O)N=Nc3c(O)n(CCC(C)C)c4ccccc34)c2c1. The molecule has 0 atom stereocenters. The number of fused-ring (bicyclic) bond motifs is 2. The maximum atomic E-state index is 13.5. The molecule has 0 saturated carbocycles. The number of aryl methyl sites for hydroxylation is 1. The van der Waals surface area contributed by atoms with Crippen LogP contribution in [0.5, 0.6) is 11.6 Å². The average Bonchev–Trinajstić information content (AvgIpc) is 3.20. The van der Waals surface area contributed by atoms with E-state index < -0.39 is 5.91 Å². The number of ether oxygens (including phenoxy) is 1. The van der Waals surface area contributed by atoms with E-state index in [1.54, 1.807) is 25.3 Å². The summed E-state index contributed by atoms with van der Waals surface area (Å²) in [4.78, 5) is 18.3. The number of azo groups is 1. The van der Waals surface area contributed by atoms with Crippen LogP contribution in [0.3, 0.4) is 0 Å². The number of para-hydroxylation sites is 1. The maximum absolute atomic E-state index is 13.5. The number of rotatable bonds is 7. The Morgan fingerprint density at radius 1 is 1.05 bits per heavy atom. The van der Waals surface area contributed by atoms with Crippen LogP contribution in [0.15, 0.2) is 87.5 Å². The van der Waals surface area contributed by atoms with Gasteiger partial charge in [-0.05, 0) is 54.8 Å². The molecule has 0 saturated heterocycles. The third-order valence-corrected chi connectivity index (χ3v) is 7.00. The third kappa shape index (κ3) is 5.04. The first-order valence-electron chi connectivity index (χ1n) is 12.4. The minimum Gasteiger partial charge on any atom is -0.497 e. The largest absolute Gasteiger partial charge is 0.497 e. The van der Waals surface area contributed by atoms with E-state index in [-0.39, 0.29) is 11.6 Å². The van der Waals surface area contributed by atoms with E-state index >= 15 is 0 Å². The molecule has 0 aliphatic carbocycles. The van der Waals surface area contributed by atoms with Crippen molar-refractivity contribution in [2.75, 3.05) is 7.11 Å². The number of benzene rings is 3. The second-order valence-electron chi connectivity index (χ2n) is 9.47. The predicted molar refractivity (Wildman–Crippen MR) is 153 cm³/mol. The van der Waals surface area contributed by atoms with Crippen LogP contribution >= 0.6 is 15.9 Å². The molecule has 2 aromatic heterocycles. The van der Waals surface area contributed by atoms with Crippen LogP contribution in [0.25, 0.3) is 33.1 Å². The molecule has 38 heavy (non-hydrogen) atoms. The molecule has 192 valence electrons. The Balaban J connectivity index is 1.59. The number of halogens is 1. The number of carbonyl (C=O) groups is 1. The molecular weight excluding hydrogens is 544 g/mol. The van der Waals surface area contributed by atoms with Crippen molar-refractivity contribution in [1.82, 2.24) is 9.55 Å². The smallest absolute Gasteiger partial charge is 0.296 e. The zero-order valence-corrected chi connectivity index (χ0v) is 22.9. The van der Waals surface area contributed by atoms with E-state index in [0.29, 0.717) is 40.4 Å². The Hall–Kier alpha value is -4.04. The number of hydrogen-bond donors (Lipinski definition) is 1. The number of nitrogens with zero attached hydrogens (tertiary/aromatic N) is 4. The summed E-state index contributed by atoms with van der Waals surface area (Å²) in [5, 5.41) is 20.7. The molecular formula is C30H27BrN4O3. The summed E-state index contributed by atoms with van der Waals surface area (Å²) < 4.78 is 8.16. The van der Waals surface area contributed by atoms with Gasteiger partial charge >= 0.3 is 0 Å². The molecule has 0 unspecified atom stereocenters. The topological polar surface area (TPSA) is 89.1 Å². The summed E-state index contributed by atoms with van der Waals surface area (Å²) in [7, 11) is 1.57. The van der Waals surface area contributed by atoms with Gasteiger partial charge in [-0.3, -0.25) is 4.79 Å². The maximum Gasteiger partial charge on any atom is 0.296 e. The van der Waals surface area contributed by atoms with Crippen molar-refractivity contribution < 1.29 is 14.6 Å². The predicted octanol–water partition coefficient (Wildman–Crippen LogP) is 8.30. The van der Waals surface area contributed by atoms with Crippen LogP contribution in [0.1, 0.15) is 30.6 Å². The van der Waals surface area contributed by atoms with Crippen molar-refractivity contribution in [3.63, 3.8) is 0 Å². The third-order valence-electron chi connectivity index (χ3n) is 6.47. The van der Waals surface area contributed by atoms with E-state index in [4.69, 9.17) is 9.72 Å². The molecule has 0 aliphatic heterocycles. The molecule has 0 spiro atoms. The van der Waals surface area contributed by atoms with Gasteiger partial charge in [-0.1, -0.05) is 60.1 Å². The van der Waals surface area contributed by atoms with Crippen LogP contribution in [0.2, 0.25) is 0 Å². The van der Waals surface area contributed by atoms with Gasteiger partial charge in [-0.2, -0.15) is 0 Å². The molecule has 8 heteroatoms. The van der Waals surface area contributed by atoms with Gasteiger partial charge in [0.2, 0.25) is 5.88 Å².